The van der Waals surface area contributed by atoms with Crippen LogP contribution in [0.3, 0.4) is 0 Å². The summed E-state index contributed by atoms with van der Waals surface area (Å²) in [6, 6.07) is 31.1. The summed E-state index contributed by atoms with van der Waals surface area (Å²) in [5.74, 6) is 1.03. The summed E-state index contributed by atoms with van der Waals surface area (Å²) in [6.45, 7) is 17.2. The Morgan fingerprint density at radius 2 is 1.33 bits per heavy atom. The first-order chi connectivity index (χ1) is 20.8. The van der Waals surface area contributed by atoms with E-state index in [1.807, 2.05) is 68.7 Å². The Hall–Kier alpha value is -3.32. The fourth-order valence-corrected chi connectivity index (χ4v) is 8.94. The van der Waals surface area contributed by atoms with E-state index < -0.39 is 7.14 Å². The van der Waals surface area contributed by atoms with Gasteiger partial charge in [-0.2, -0.15) is 0 Å². The molecule has 0 N–H and O–H groups in total. The average molecular weight is 794 g/mol. The van der Waals surface area contributed by atoms with Crippen molar-refractivity contribution < 1.29 is 30.4 Å². The predicted molar refractivity (Wildman–Crippen MR) is 182 cm³/mol. The molecule has 0 bridgehead atoms. The van der Waals surface area contributed by atoms with Crippen LogP contribution in [0.5, 0.6) is 11.5 Å². The molecule has 232 valence electrons. The smallest absolute Gasteiger partial charge is 0.497 e. The van der Waals surface area contributed by atoms with Gasteiger partial charge in [0.05, 0.1) is 0 Å². The second kappa shape index (κ2) is 12.1. The molecule has 0 radical (unpaired) electrons. The maximum absolute atomic E-state index is 15.0. The standard InChI is InChI=1S/C39H39N2O2P.Pt/c1-25(2)44(42)35-15-10-9-14-31(35)37-32(34-22-28(17-19-41-34)39(6,7)8)23-30(24-36(37)44)43-29-13-11-12-26(20-29)33-21-27(16-18-40-33)38(3,4)5;/h9-19,21-22,24-25H,1-8H3;/q-2;+2. The molecule has 0 amide bonds. The molecule has 0 aliphatic carbocycles. The van der Waals surface area contributed by atoms with Gasteiger partial charge >= 0.3 is 21.1 Å². The summed E-state index contributed by atoms with van der Waals surface area (Å²) in [5, 5.41) is 1.69. The number of ether oxygens (including phenoxy) is 1. The van der Waals surface area contributed by atoms with Crippen LogP contribution in [0.15, 0.2) is 85.2 Å². The number of pyridine rings is 2. The number of hydrogen-bond donors (Lipinski definition) is 0. The quantitative estimate of drug-likeness (QED) is 0.132. The molecule has 4 nitrogen and oxygen atoms in total. The van der Waals surface area contributed by atoms with E-state index in [4.69, 9.17) is 9.72 Å². The van der Waals surface area contributed by atoms with Crippen LogP contribution >= 0.6 is 7.14 Å². The number of nitrogens with zero attached hydrogens (tertiary/aromatic N) is 2. The second-order valence-electron chi connectivity index (χ2n) is 13.9. The van der Waals surface area contributed by atoms with Crippen molar-refractivity contribution >= 4 is 17.8 Å². The van der Waals surface area contributed by atoms with E-state index in [-0.39, 0.29) is 37.6 Å². The summed E-state index contributed by atoms with van der Waals surface area (Å²) >= 11 is 0. The van der Waals surface area contributed by atoms with E-state index in [1.165, 1.54) is 11.1 Å². The van der Waals surface area contributed by atoms with Crippen LogP contribution in [-0.4, -0.2) is 15.6 Å². The van der Waals surface area contributed by atoms with Gasteiger partial charge < -0.3 is 19.3 Å². The monoisotopic (exact) mass is 793 g/mol. The summed E-state index contributed by atoms with van der Waals surface area (Å²) in [7, 11) is -2.97. The number of aromatic nitrogens is 2. The molecule has 6 heteroatoms. The van der Waals surface area contributed by atoms with Gasteiger partial charge in [-0.15, -0.1) is 29.3 Å². The van der Waals surface area contributed by atoms with Crippen LogP contribution in [0.2, 0.25) is 0 Å². The van der Waals surface area contributed by atoms with E-state index in [9.17, 15) is 0 Å². The van der Waals surface area contributed by atoms with Gasteiger partial charge in [-0.25, -0.2) is 0 Å². The summed E-state index contributed by atoms with van der Waals surface area (Å²) < 4.78 is 21.5. The van der Waals surface area contributed by atoms with E-state index >= 15 is 4.57 Å². The molecule has 3 aromatic carbocycles. The third kappa shape index (κ3) is 6.12. The first kappa shape index (κ1) is 33.1. The molecule has 0 fully saturated rings. The van der Waals surface area contributed by atoms with Gasteiger partial charge in [-0.1, -0.05) is 121 Å². The minimum atomic E-state index is -2.97. The SMILES string of the molecule is CC(C)P1(=O)c2ccccc2-c2c(-c3cc(C(C)(C)C)ccn3)[c-]c(Oc3[c-]c(-c4cc(C(C)(C)C)ccn4)ccc3)cc21.[Pt+2]. The third-order valence-electron chi connectivity index (χ3n) is 8.41. The fraction of sp³-hybridized carbons (Fsp3) is 0.282. The molecule has 0 spiro atoms. The van der Waals surface area contributed by atoms with Crippen molar-refractivity contribution in [3.63, 3.8) is 0 Å². The van der Waals surface area contributed by atoms with Crippen molar-refractivity contribution in [2.45, 2.75) is 71.9 Å². The third-order valence-corrected chi connectivity index (χ3v) is 12.0. The zero-order valence-electron chi connectivity index (χ0n) is 27.1. The van der Waals surface area contributed by atoms with Crippen LogP contribution in [0.4, 0.5) is 0 Å². The van der Waals surface area contributed by atoms with Crippen molar-refractivity contribution in [2.24, 2.45) is 0 Å². The van der Waals surface area contributed by atoms with Gasteiger partial charge in [0.15, 0.2) is 0 Å². The summed E-state index contributed by atoms with van der Waals surface area (Å²) in [5.41, 5.74) is 7.40. The van der Waals surface area contributed by atoms with Gasteiger partial charge in [0, 0.05) is 34.9 Å². The minimum absolute atomic E-state index is 0. The normalized spacial score (nSPS) is 15.8. The van der Waals surface area contributed by atoms with E-state index in [0.29, 0.717) is 11.5 Å². The molecule has 1 aliphatic heterocycles. The van der Waals surface area contributed by atoms with Crippen molar-refractivity contribution in [2.75, 3.05) is 0 Å². The Kier molecular flexibility index (Phi) is 8.91. The predicted octanol–water partition coefficient (Wildman–Crippen LogP) is 9.50. The second-order valence-corrected chi connectivity index (χ2v) is 17.2. The van der Waals surface area contributed by atoms with Crippen LogP contribution in [0, 0.1) is 12.1 Å². The zero-order valence-corrected chi connectivity index (χ0v) is 30.3. The number of benzene rings is 3. The topological polar surface area (TPSA) is 52.1 Å². The fourth-order valence-electron chi connectivity index (χ4n) is 5.84. The van der Waals surface area contributed by atoms with E-state index in [1.54, 1.807) is 0 Å². The number of hydrogen-bond acceptors (Lipinski definition) is 4. The average Bonchev–Trinajstić information content (AvgIpc) is 3.25. The largest absolute Gasteiger partial charge is 2.00 e. The van der Waals surface area contributed by atoms with Crippen molar-refractivity contribution in [1.82, 2.24) is 9.97 Å². The Balaban J connectivity index is 0.00000400. The van der Waals surface area contributed by atoms with Crippen molar-refractivity contribution in [1.29, 1.82) is 0 Å². The molecule has 6 rings (SSSR count). The Morgan fingerprint density at radius 1 is 0.711 bits per heavy atom. The van der Waals surface area contributed by atoms with Gasteiger partial charge in [0.1, 0.15) is 7.14 Å². The number of fused-ring (bicyclic) bond motifs is 3. The summed E-state index contributed by atoms with van der Waals surface area (Å²) in [6.07, 6.45) is 3.69. The Labute approximate surface area is 282 Å². The first-order valence-corrected chi connectivity index (χ1v) is 17.0. The van der Waals surface area contributed by atoms with Crippen molar-refractivity contribution in [3.8, 4) is 45.1 Å². The first-order valence-electron chi connectivity index (χ1n) is 15.2. The van der Waals surface area contributed by atoms with Gasteiger partial charge in [0.2, 0.25) is 0 Å². The Morgan fingerprint density at radius 3 is 1.98 bits per heavy atom. The molecule has 0 saturated carbocycles. The van der Waals surface area contributed by atoms with Gasteiger partial charge in [0.25, 0.3) is 0 Å². The van der Waals surface area contributed by atoms with Crippen LogP contribution in [0.25, 0.3) is 33.6 Å². The zero-order chi connectivity index (χ0) is 31.4. The maximum Gasteiger partial charge on any atom is 2.00 e. The number of rotatable bonds is 5. The van der Waals surface area contributed by atoms with E-state index in [2.05, 4.69) is 89.0 Å². The molecular weight excluding hydrogens is 754 g/mol. The van der Waals surface area contributed by atoms with E-state index in [0.717, 1.165) is 44.3 Å². The van der Waals surface area contributed by atoms with Crippen LogP contribution < -0.4 is 15.3 Å². The summed E-state index contributed by atoms with van der Waals surface area (Å²) in [4.78, 5) is 9.43. The van der Waals surface area contributed by atoms with Gasteiger partial charge in [-0.3, -0.25) is 0 Å². The molecule has 3 heterocycles. The molecule has 1 unspecified atom stereocenters. The molecular formula is C39H39N2O2PPt. The molecule has 0 saturated heterocycles. The molecule has 2 aromatic heterocycles. The molecule has 1 atom stereocenters. The molecule has 1 aliphatic rings. The Bertz CT molecular complexity index is 1930. The maximum atomic E-state index is 15.0. The molecule has 45 heavy (non-hydrogen) atoms. The van der Waals surface area contributed by atoms with Crippen LogP contribution in [-0.2, 0) is 36.5 Å². The van der Waals surface area contributed by atoms with Crippen molar-refractivity contribution in [3.05, 3.63) is 108 Å². The molecule has 5 aromatic rings. The van der Waals surface area contributed by atoms with Gasteiger partial charge in [-0.05, 0) is 51.0 Å². The minimum Gasteiger partial charge on any atom is -0.497 e. The van der Waals surface area contributed by atoms with Crippen LogP contribution in [0.1, 0.15) is 66.5 Å².